The minimum Gasteiger partial charge on any atom is -0.462 e. The Kier molecular flexibility index (Phi) is 5.73. The molecule has 0 radical (unpaired) electrons. The van der Waals surface area contributed by atoms with Crippen molar-refractivity contribution in [2.75, 3.05) is 11.9 Å². The van der Waals surface area contributed by atoms with Gasteiger partial charge >= 0.3 is 12.1 Å². The van der Waals surface area contributed by atoms with Crippen molar-refractivity contribution in [2.24, 2.45) is 0 Å². The average Bonchev–Trinajstić information content (AvgIpc) is 2.94. The molecule has 25 heavy (non-hydrogen) atoms. The lowest BCUT2D eigenvalue weighted by Gasteiger charge is -2.05. The average molecular weight is 376 g/mol. The van der Waals surface area contributed by atoms with E-state index in [4.69, 9.17) is 0 Å². The van der Waals surface area contributed by atoms with Crippen LogP contribution < -0.4 is 5.32 Å². The second-order valence-electron chi connectivity index (χ2n) is 4.77. The summed E-state index contributed by atoms with van der Waals surface area (Å²) in [6.45, 7) is 1.36. The van der Waals surface area contributed by atoms with E-state index in [1.807, 2.05) is 0 Å². The Morgan fingerprint density at radius 1 is 1.24 bits per heavy atom. The molecule has 0 aliphatic carbocycles. The van der Waals surface area contributed by atoms with Gasteiger partial charge in [-0.2, -0.15) is 13.2 Å². The van der Waals surface area contributed by atoms with Crippen LogP contribution in [0.15, 0.2) is 24.3 Å². The number of aromatic nitrogens is 1. The van der Waals surface area contributed by atoms with E-state index in [1.54, 1.807) is 0 Å². The number of benzene rings is 1. The molecule has 2 aromatic rings. The zero-order chi connectivity index (χ0) is 18.6. The molecule has 134 valence electrons. The summed E-state index contributed by atoms with van der Waals surface area (Å²) >= 11 is 0.378. The van der Waals surface area contributed by atoms with Gasteiger partial charge in [0.25, 0.3) is 0 Å². The molecule has 0 spiro atoms. The SMILES string of the molecule is CCOC(=O)c1sc(NC(=O)Cc2ccc(F)cc2)nc1C(F)(F)F. The number of esters is 1. The number of anilines is 1. The Labute approximate surface area is 143 Å². The first-order chi connectivity index (χ1) is 11.7. The van der Waals surface area contributed by atoms with Gasteiger partial charge in [0, 0.05) is 0 Å². The lowest BCUT2D eigenvalue weighted by atomic mass is 10.1. The highest BCUT2D eigenvalue weighted by Crippen LogP contribution is 2.36. The summed E-state index contributed by atoms with van der Waals surface area (Å²) in [7, 11) is 0. The van der Waals surface area contributed by atoms with Crippen molar-refractivity contribution in [3.8, 4) is 0 Å². The Morgan fingerprint density at radius 2 is 1.88 bits per heavy atom. The third-order valence-electron chi connectivity index (χ3n) is 2.88. The van der Waals surface area contributed by atoms with Gasteiger partial charge in [0.15, 0.2) is 10.8 Å². The summed E-state index contributed by atoms with van der Waals surface area (Å²) in [4.78, 5) is 26.1. The number of hydrogen-bond donors (Lipinski definition) is 1. The van der Waals surface area contributed by atoms with Crippen LogP contribution in [0.3, 0.4) is 0 Å². The molecular weight excluding hydrogens is 364 g/mol. The number of hydrogen-bond acceptors (Lipinski definition) is 5. The third kappa shape index (κ3) is 4.99. The molecule has 5 nitrogen and oxygen atoms in total. The molecule has 10 heteroatoms. The van der Waals surface area contributed by atoms with Crippen molar-refractivity contribution >= 4 is 28.3 Å². The van der Waals surface area contributed by atoms with E-state index in [9.17, 15) is 27.2 Å². The number of halogens is 4. The number of nitrogens with zero attached hydrogens (tertiary/aromatic N) is 1. The number of alkyl halides is 3. The summed E-state index contributed by atoms with van der Waals surface area (Å²) in [5.74, 6) is -2.28. The molecule has 2 rings (SSSR count). The summed E-state index contributed by atoms with van der Waals surface area (Å²) in [5.41, 5.74) is -0.940. The third-order valence-corrected chi connectivity index (χ3v) is 3.83. The largest absolute Gasteiger partial charge is 0.462 e. The Hall–Kier alpha value is -2.49. The lowest BCUT2D eigenvalue weighted by molar-refractivity contribution is -0.141. The Bertz CT molecular complexity index is 772. The van der Waals surface area contributed by atoms with Gasteiger partial charge < -0.3 is 10.1 Å². The molecule has 0 fully saturated rings. The first-order valence-corrected chi connectivity index (χ1v) is 7.81. The van der Waals surface area contributed by atoms with E-state index in [-0.39, 0.29) is 18.2 Å². The molecule has 0 unspecified atom stereocenters. The van der Waals surface area contributed by atoms with Gasteiger partial charge in [-0.25, -0.2) is 14.2 Å². The number of amides is 1. The van der Waals surface area contributed by atoms with Gasteiger partial charge in [-0.3, -0.25) is 4.79 Å². The van der Waals surface area contributed by atoms with Crippen molar-refractivity contribution in [1.82, 2.24) is 4.98 Å². The molecule has 1 aromatic carbocycles. The maximum atomic E-state index is 13.0. The summed E-state index contributed by atoms with van der Waals surface area (Å²) in [5, 5.41) is 1.83. The van der Waals surface area contributed by atoms with E-state index in [0.29, 0.717) is 16.9 Å². The summed E-state index contributed by atoms with van der Waals surface area (Å²) < 4.78 is 56.3. The van der Waals surface area contributed by atoms with Gasteiger partial charge in [-0.05, 0) is 24.6 Å². The van der Waals surface area contributed by atoms with E-state index < -0.39 is 34.4 Å². The van der Waals surface area contributed by atoms with E-state index in [0.717, 1.165) is 12.1 Å². The Balaban J connectivity index is 2.17. The monoisotopic (exact) mass is 376 g/mol. The maximum Gasteiger partial charge on any atom is 0.435 e. The lowest BCUT2D eigenvalue weighted by Crippen LogP contribution is -2.15. The van der Waals surface area contributed by atoms with Crippen molar-refractivity contribution in [3.63, 3.8) is 0 Å². The highest BCUT2D eigenvalue weighted by molar-refractivity contribution is 7.17. The molecule has 0 saturated carbocycles. The quantitative estimate of drug-likeness (QED) is 0.639. The fourth-order valence-electron chi connectivity index (χ4n) is 1.85. The normalized spacial score (nSPS) is 11.2. The number of carbonyl (C=O) groups is 2. The molecule has 1 amide bonds. The second-order valence-corrected chi connectivity index (χ2v) is 5.77. The second kappa shape index (κ2) is 7.60. The van der Waals surface area contributed by atoms with Gasteiger partial charge in [0.1, 0.15) is 10.7 Å². The molecule has 0 aliphatic rings. The van der Waals surface area contributed by atoms with Crippen LogP contribution in [-0.4, -0.2) is 23.5 Å². The summed E-state index contributed by atoms with van der Waals surface area (Å²) in [6, 6.07) is 5.07. The van der Waals surface area contributed by atoms with Gasteiger partial charge in [0.2, 0.25) is 5.91 Å². The van der Waals surface area contributed by atoms with Gasteiger partial charge in [-0.1, -0.05) is 23.5 Å². The minimum atomic E-state index is -4.86. The predicted octanol–water partition coefficient (Wildman–Crippen LogP) is 3.66. The fraction of sp³-hybridized carbons (Fsp3) is 0.267. The molecular formula is C15H12F4N2O3S. The van der Waals surface area contributed by atoms with Crippen molar-refractivity contribution in [2.45, 2.75) is 19.5 Å². The molecule has 1 aromatic heterocycles. The molecule has 1 N–H and O–H groups in total. The molecule has 1 heterocycles. The van der Waals surface area contributed by atoms with Crippen LogP contribution >= 0.6 is 11.3 Å². The zero-order valence-corrected chi connectivity index (χ0v) is 13.6. The maximum absolute atomic E-state index is 13.0. The van der Waals surface area contributed by atoms with Crippen LogP contribution in [0.2, 0.25) is 0 Å². The Morgan fingerprint density at radius 3 is 2.44 bits per heavy atom. The van der Waals surface area contributed by atoms with E-state index in [2.05, 4.69) is 15.0 Å². The highest BCUT2D eigenvalue weighted by atomic mass is 32.1. The smallest absolute Gasteiger partial charge is 0.435 e. The first kappa shape index (κ1) is 18.8. The predicted molar refractivity (Wildman–Crippen MR) is 81.8 cm³/mol. The molecule has 0 atom stereocenters. The highest BCUT2D eigenvalue weighted by Gasteiger charge is 2.40. The van der Waals surface area contributed by atoms with Crippen LogP contribution in [0.5, 0.6) is 0 Å². The number of carbonyl (C=O) groups excluding carboxylic acids is 2. The van der Waals surface area contributed by atoms with Crippen LogP contribution in [0.1, 0.15) is 27.9 Å². The molecule has 0 bridgehead atoms. The first-order valence-electron chi connectivity index (χ1n) is 7.00. The van der Waals surface area contributed by atoms with E-state index in [1.165, 1.54) is 19.1 Å². The van der Waals surface area contributed by atoms with Crippen LogP contribution in [0.4, 0.5) is 22.7 Å². The zero-order valence-electron chi connectivity index (χ0n) is 12.8. The van der Waals surface area contributed by atoms with E-state index >= 15 is 0 Å². The number of ether oxygens (including phenoxy) is 1. The molecule has 0 aliphatic heterocycles. The van der Waals surface area contributed by atoms with Crippen molar-refractivity contribution < 1.29 is 31.9 Å². The summed E-state index contributed by atoms with van der Waals surface area (Å²) in [6.07, 6.45) is -5.05. The number of rotatable bonds is 5. The number of nitrogens with one attached hydrogen (secondary N) is 1. The standard InChI is InChI=1S/C15H12F4N2O3S/c1-2-24-13(23)11-12(15(17,18)19)21-14(25-11)20-10(22)7-8-3-5-9(16)6-4-8/h3-6H,2,7H2,1H3,(H,20,21,22). The topological polar surface area (TPSA) is 68.3 Å². The van der Waals surface area contributed by atoms with Crippen molar-refractivity contribution in [3.05, 3.63) is 46.2 Å². The minimum absolute atomic E-state index is 0.0969. The van der Waals surface area contributed by atoms with Gasteiger partial charge in [0.05, 0.1) is 13.0 Å². The number of thiazole rings is 1. The van der Waals surface area contributed by atoms with Crippen LogP contribution in [0, 0.1) is 5.82 Å². The van der Waals surface area contributed by atoms with Crippen LogP contribution in [0.25, 0.3) is 0 Å². The molecule has 0 saturated heterocycles. The fourth-order valence-corrected chi connectivity index (χ4v) is 2.75. The van der Waals surface area contributed by atoms with Gasteiger partial charge in [-0.15, -0.1) is 0 Å². The van der Waals surface area contributed by atoms with Crippen molar-refractivity contribution in [1.29, 1.82) is 0 Å². The van der Waals surface area contributed by atoms with Crippen LogP contribution in [-0.2, 0) is 22.1 Å².